The Morgan fingerprint density at radius 3 is 2.89 bits per heavy atom. The minimum absolute atomic E-state index is 0.00827. The van der Waals surface area contributed by atoms with Gasteiger partial charge in [-0.15, -0.1) is 0 Å². The summed E-state index contributed by atoms with van der Waals surface area (Å²) < 4.78 is 1.03. The number of anilines is 1. The zero-order chi connectivity index (χ0) is 14.0. The summed E-state index contributed by atoms with van der Waals surface area (Å²) in [7, 11) is 0. The quantitative estimate of drug-likeness (QED) is 0.891. The third-order valence-electron chi connectivity index (χ3n) is 3.54. The van der Waals surface area contributed by atoms with E-state index >= 15 is 0 Å². The number of benzene rings is 1. The second-order valence-electron chi connectivity index (χ2n) is 4.96. The number of aliphatic hydroxyl groups is 1. The lowest BCUT2D eigenvalue weighted by atomic mass is 10.0. The second-order valence-corrected chi connectivity index (χ2v) is 5.82. The molecule has 0 aromatic heterocycles. The first-order valence-corrected chi connectivity index (χ1v) is 7.27. The molecule has 2 unspecified atom stereocenters. The Balaban J connectivity index is 2.36. The smallest absolute Gasteiger partial charge is 0.242 e. The Hall–Kier alpha value is -1.07. The molecular weight excluding hydrogens is 308 g/mol. The van der Waals surface area contributed by atoms with Gasteiger partial charge in [0.25, 0.3) is 0 Å². The first kappa shape index (κ1) is 14.3. The van der Waals surface area contributed by atoms with Crippen LogP contribution in [-0.4, -0.2) is 36.2 Å². The van der Waals surface area contributed by atoms with Gasteiger partial charge in [-0.2, -0.15) is 0 Å². The molecule has 2 N–H and O–H groups in total. The summed E-state index contributed by atoms with van der Waals surface area (Å²) in [6.45, 7) is 4.75. The van der Waals surface area contributed by atoms with Crippen LogP contribution in [0.5, 0.6) is 0 Å². The number of aliphatic hydroxyl groups excluding tert-OH is 1. The van der Waals surface area contributed by atoms with Crippen molar-refractivity contribution in [1.29, 1.82) is 0 Å². The molecule has 19 heavy (non-hydrogen) atoms. The van der Waals surface area contributed by atoms with Crippen LogP contribution in [-0.2, 0) is 4.79 Å². The van der Waals surface area contributed by atoms with Crippen molar-refractivity contribution < 1.29 is 9.90 Å². The molecule has 1 fully saturated rings. The highest BCUT2D eigenvalue weighted by molar-refractivity contribution is 9.10. The highest BCUT2D eigenvalue weighted by Gasteiger charge is 2.33. The van der Waals surface area contributed by atoms with E-state index in [1.165, 1.54) is 0 Å². The number of rotatable bonds is 3. The van der Waals surface area contributed by atoms with Gasteiger partial charge in [0, 0.05) is 29.4 Å². The maximum atomic E-state index is 12.0. The summed E-state index contributed by atoms with van der Waals surface area (Å²) in [4.78, 5) is 14.1. The van der Waals surface area contributed by atoms with Gasteiger partial charge < -0.3 is 15.3 Å². The van der Waals surface area contributed by atoms with E-state index in [0.29, 0.717) is 13.0 Å². The van der Waals surface area contributed by atoms with Gasteiger partial charge in [0.05, 0.1) is 0 Å². The fourth-order valence-corrected chi connectivity index (χ4v) is 2.83. The van der Waals surface area contributed by atoms with E-state index in [1.807, 2.05) is 25.1 Å². The van der Waals surface area contributed by atoms with Crippen molar-refractivity contribution in [2.75, 3.05) is 18.1 Å². The van der Waals surface area contributed by atoms with Crippen molar-refractivity contribution in [2.24, 2.45) is 0 Å². The number of aryl methyl sites for hydroxylation is 1. The van der Waals surface area contributed by atoms with Crippen LogP contribution in [0.15, 0.2) is 22.7 Å². The van der Waals surface area contributed by atoms with Crippen LogP contribution in [0.3, 0.4) is 0 Å². The topological polar surface area (TPSA) is 52.6 Å². The number of nitrogens with zero attached hydrogens (tertiary/aromatic N) is 1. The van der Waals surface area contributed by atoms with Gasteiger partial charge in [-0.3, -0.25) is 4.79 Å². The highest BCUT2D eigenvalue weighted by Crippen LogP contribution is 2.28. The molecule has 1 heterocycles. The summed E-state index contributed by atoms with van der Waals surface area (Å²) in [6, 6.07) is 6.01. The first-order chi connectivity index (χ1) is 9.04. The van der Waals surface area contributed by atoms with Crippen LogP contribution in [0.4, 0.5) is 5.69 Å². The van der Waals surface area contributed by atoms with E-state index in [1.54, 1.807) is 0 Å². The normalized spacial score (nSPS) is 23.4. The predicted molar refractivity (Wildman–Crippen MR) is 79.3 cm³/mol. The number of amides is 1. The molecule has 0 aliphatic carbocycles. The van der Waals surface area contributed by atoms with Crippen LogP contribution in [0.25, 0.3) is 0 Å². The van der Waals surface area contributed by atoms with Crippen molar-refractivity contribution in [2.45, 2.75) is 32.4 Å². The average molecular weight is 327 g/mol. The van der Waals surface area contributed by atoms with E-state index in [2.05, 4.69) is 33.1 Å². The lowest BCUT2D eigenvalue weighted by Crippen LogP contribution is -2.60. The van der Waals surface area contributed by atoms with Gasteiger partial charge in [0.1, 0.15) is 6.04 Å². The molecule has 104 valence electrons. The SMILES string of the molecule is Cc1ccc(N2C(C)CNC(=O)C2CCO)cc1Br. The van der Waals surface area contributed by atoms with Gasteiger partial charge in [-0.1, -0.05) is 22.0 Å². The van der Waals surface area contributed by atoms with E-state index in [4.69, 9.17) is 0 Å². The molecule has 0 radical (unpaired) electrons. The number of hydrogen-bond donors (Lipinski definition) is 2. The summed E-state index contributed by atoms with van der Waals surface area (Å²) >= 11 is 3.53. The van der Waals surface area contributed by atoms with E-state index in [0.717, 1.165) is 15.7 Å². The third kappa shape index (κ3) is 2.92. The molecule has 1 aliphatic heterocycles. The molecule has 1 aromatic rings. The molecule has 0 saturated carbocycles. The molecule has 1 saturated heterocycles. The molecule has 0 bridgehead atoms. The molecule has 0 spiro atoms. The minimum Gasteiger partial charge on any atom is -0.396 e. The number of nitrogens with one attached hydrogen (secondary N) is 1. The number of halogens is 1. The van der Waals surface area contributed by atoms with Crippen molar-refractivity contribution in [3.05, 3.63) is 28.2 Å². The summed E-state index contributed by atoms with van der Waals surface area (Å²) in [5.74, 6) is -0.0103. The minimum atomic E-state index is -0.302. The van der Waals surface area contributed by atoms with E-state index in [-0.39, 0.29) is 24.6 Å². The zero-order valence-electron chi connectivity index (χ0n) is 11.2. The fraction of sp³-hybridized carbons (Fsp3) is 0.500. The molecule has 2 atom stereocenters. The van der Waals surface area contributed by atoms with Gasteiger partial charge in [-0.25, -0.2) is 0 Å². The largest absolute Gasteiger partial charge is 0.396 e. The number of piperazine rings is 1. The standard InChI is InChI=1S/C14H19BrN2O2/c1-9-3-4-11(7-12(9)15)17-10(2)8-16-14(19)13(17)5-6-18/h3-4,7,10,13,18H,5-6,8H2,1-2H3,(H,16,19). The van der Waals surface area contributed by atoms with Crippen molar-refractivity contribution >= 4 is 27.5 Å². The molecule has 5 heteroatoms. The molecule has 2 rings (SSSR count). The van der Waals surface area contributed by atoms with Crippen LogP contribution < -0.4 is 10.2 Å². The summed E-state index contributed by atoms with van der Waals surface area (Å²) in [5.41, 5.74) is 2.18. The van der Waals surface area contributed by atoms with Crippen LogP contribution in [0.1, 0.15) is 18.9 Å². The Kier molecular flexibility index (Phi) is 4.47. The van der Waals surface area contributed by atoms with Crippen LogP contribution >= 0.6 is 15.9 Å². The summed E-state index contributed by atoms with van der Waals surface area (Å²) in [6.07, 6.45) is 0.446. The van der Waals surface area contributed by atoms with Gasteiger partial charge >= 0.3 is 0 Å². The Morgan fingerprint density at radius 1 is 1.53 bits per heavy atom. The Labute approximate surface area is 121 Å². The summed E-state index contributed by atoms with van der Waals surface area (Å²) in [5, 5.41) is 12.1. The number of hydrogen-bond acceptors (Lipinski definition) is 3. The zero-order valence-corrected chi connectivity index (χ0v) is 12.8. The molecular formula is C14H19BrN2O2. The second kappa shape index (κ2) is 5.92. The fourth-order valence-electron chi connectivity index (χ4n) is 2.47. The van der Waals surface area contributed by atoms with Gasteiger partial charge in [0.15, 0.2) is 0 Å². The van der Waals surface area contributed by atoms with Crippen molar-refractivity contribution in [1.82, 2.24) is 5.32 Å². The van der Waals surface area contributed by atoms with Crippen LogP contribution in [0.2, 0.25) is 0 Å². The average Bonchev–Trinajstić information content (AvgIpc) is 2.38. The number of carbonyl (C=O) groups is 1. The van der Waals surface area contributed by atoms with Gasteiger partial charge in [-0.05, 0) is 38.0 Å². The first-order valence-electron chi connectivity index (χ1n) is 6.47. The molecule has 1 amide bonds. The lowest BCUT2D eigenvalue weighted by molar-refractivity contribution is -0.124. The molecule has 1 aliphatic rings. The predicted octanol–water partition coefficient (Wildman–Crippen LogP) is 1.83. The Bertz CT molecular complexity index is 479. The van der Waals surface area contributed by atoms with Crippen molar-refractivity contribution in [3.63, 3.8) is 0 Å². The van der Waals surface area contributed by atoms with Crippen molar-refractivity contribution in [3.8, 4) is 0 Å². The number of carbonyl (C=O) groups excluding carboxylic acids is 1. The third-order valence-corrected chi connectivity index (χ3v) is 4.40. The van der Waals surface area contributed by atoms with Gasteiger partial charge in [0.2, 0.25) is 5.91 Å². The molecule has 4 nitrogen and oxygen atoms in total. The maximum absolute atomic E-state index is 12.0. The lowest BCUT2D eigenvalue weighted by Gasteiger charge is -2.41. The van der Waals surface area contributed by atoms with E-state index in [9.17, 15) is 9.90 Å². The molecule has 1 aromatic carbocycles. The Morgan fingerprint density at radius 2 is 2.26 bits per heavy atom. The maximum Gasteiger partial charge on any atom is 0.242 e. The monoisotopic (exact) mass is 326 g/mol. The van der Waals surface area contributed by atoms with Crippen LogP contribution in [0, 0.1) is 6.92 Å². The highest BCUT2D eigenvalue weighted by atomic mass is 79.9. The van der Waals surface area contributed by atoms with E-state index < -0.39 is 0 Å².